The van der Waals surface area contributed by atoms with E-state index in [1.807, 2.05) is 18.5 Å². The second kappa shape index (κ2) is 9.15. The summed E-state index contributed by atoms with van der Waals surface area (Å²) in [6, 6.07) is 2.80. The van der Waals surface area contributed by atoms with Crippen molar-refractivity contribution in [3.05, 3.63) is 57.2 Å². The molecular weight excluding hydrogens is 489 g/mol. The van der Waals surface area contributed by atoms with Gasteiger partial charge in [-0.1, -0.05) is 6.92 Å². The number of hydrogen-bond donors (Lipinski definition) is 2. The van der Waals surface area contributed by atoms with Gasteiger partial charge < -0.3 is 15.3 Å². The molecule has 4 aromatic heterocycles. The fourth-order valence-electron chi connectivity index (χ4n) is 4.12. The van der Waals surface area contributed by atoms with Gasteiger partial charge in [-0.25, -0.2) is 19.2 Å². The molecule has 36 heavy (non-hydrogen) atoms. The van der Waals surface area contributed by atoms with Gasteiger partial charge in [-0.3, -0.25) is 18.8 Å². The molecular formula is C23H22FN7O4S. The van der Waals surface area contributed by atoms with Crippen LogP contribution < -0.4 is 15.6 Å². The van der Waals surface area contributed by atoms with E-state index >= 15 is 4.39 Å². The normalized spacial score (nSPS) is 13.7. The van der Waals surface area contributed by atoms with Crippen molar-refractivity contribution >= 4 is 45.9 Å². The van der Waals surface area contributed by atoms with Crippen LogP contribution in [0.1, 0.15) is 29.4 Å². The van der Waals surface area contributed by atoms with Crippen molar-refractivity contribution in [3.63, 3.8) is 0 Å². The highest BCUT2D eigenvalue weighted by Crippen LogP contribution is 2.29. The molecule has 1 aliphatic heterocycles. The lowest BCUT2D eigenvalue weighted by Crippen LogP contribution is -2.52. The minimum atomic E-state index is -1.43. The summed E-state index contributed by atoms with van der Waals surface area (Å²) in [6.07, 6.45) is 3.60. The first-order valence-electron chi connectivity index (χ1n) is 11.3. The van der Waals surface area contributed by atoms with Crippen molar-refractivity contribution in [1.82, 2.24) is 24.3 Å². The Labute approximate surface area is 207 Å². The number of carboxylic acid groups (broad SMARTS) is 1. The van der Waals surface area contributed by atoms with Crippen molar-refractivity contribution in [2.75, 3.05) is 23.3 Å². The van der Waals surface area contributed by atoms with Crippen LogP contribution in [0.2, 0.25) is 0 Å². The summed E-state index contributed by atoms with van der Waals surface area (Å²) in [5.41, 5.74) is -0.311. The number of rotatable bonds is 7. The van der Waals surface area contributed by atoms with E-state index in [0.717, 1.165) is 30.9 Å². The van der Waals surface area contributed by atoms with Crippen LogP contribution >= 0.6 is 11.3 Å². The Bertz CT molecular complexity index is 1540. The number of carbonyl (C=O) groups excluding carboxylic acids is 1. The van der Waals surface area contributed by atoms with Crippen molar-refractivity contribution in [1.29, 1.82) is 0 Å². The molecule has 0 unspecified atom stereocenters. The third-order valence-corrected chi connectivity index (χ3v) is 6.76. The van der Waals surface area contributed by atoms with Crippen LogP contribution in [0.15, 0.2) is 34.7 Å². The van der Waals surface area contributed by atoms with Crippen molar-refractivity contribution in [2.24, 2.45) is 5.92 Å². The Hall–Kier alpha value is -4.13. The van der Waals surface area contributed by atoms with Gasteiger partial charge in [0.15, 0.2) is 28.2 Å². The highest BCUT2D eigenvalue weighted by atomic mass is 32.1. The molecule has 0 radical (unpaired) electrons. The van der Waals surface area contributed by atoms with E-state index in [2.05, 4.69) is 20.4 Å². The van der Waals surface area contributed by atoms with Gasteiger partial charge >= 0.3 is 5.97 Å². The van der Waals surface area contributed by atoms with E-state index in [4.69, 9.17) is 0 Å². The number of hydrogen-bond acceptors (Lipinski definition) is 8. The van der Waals surface area contributed by atoms with Crippen molar-refractivity contribution < 1.29 is 19.1 Å². The molecule has 0 spiro atoms. The molecule has 0 aliphatic carbocycles. The van der Waals surface area contributed by atoms with Crippen LogP contribution in [0.5, 0.6) is 0 Å². The van der Waals surface area contributed by atoms with Crippen LogP contribution in [0.4, 0.5) is 16.0 Å². The summed E-state index contributed by atoms with van der Waals surface area (Å²) >= 11 is 1.22. The number of anilines is 2. The minimum absolute atomic E-state index is 0.0256. The topological polar surface area (TPSA) is 135 Å². The molecule has 1 fully saturated rings. The van der Waals surface area contributed by atoms with E-state index < -0.39 is 28.7 Å². The van der Waals surface area contributed by atoms with E-state index in [0.29, 0.717) is 10.9 Å². The lowest BCUT2D eigenvalue weighted by Gasteiger charge is -2.39. The predicted molar refractivity (Wildman–Crippen MR) is 132 cm³/mol. The molecule has 5 rings (SSSR count). The number of carboxylic acids is 1. The third-order valence-electron chi connectivity index (χ3n) is 5.99. The Morgan fingerprint density at radius 1 is 1.31 bits per heavy atom. The fraction of sp³-hybridized carbons (Fsp3) is 0.304. The highest BCUT2D eigenvalue weighted by Gasteiger charge is 2.36. The Kier molecular flexibility index (Phi) is 6.00. The summed E-state index contributed by atoms with van der Waals surface area (Å²) in [6.45, 7) is 5.17. The van der Waals surface area contributed by atoms with Gasteiger partial charge in [-0.05, 0) is 19.4 Å². The Morgan fingerprint density at radius 2 is 2.08 bits per heavy atom. The molecule has 186 valence electrons. The SMILES string of the molecule is CCCn1nc(NC(=O)C2CN(c3nc4c(cc3F)c(=O)c(C(=O)O)cn4-c3nccs3)C2)cc1C. The average molecular weight is 512 g/mol. The molecule has 0 bridgehead atoms. The maximum absolute atomic E-state index is 15.0. The molecule has 5 heterocycles. The predicted octanol–water partition coefficient (Wildman–Crippen LogP) is 2.67. The number of thiazole rings is 1. The molecule has 1 saturated heterocycles. The number of nitrogens with one attached hydrogen (secondary N) is 1. The summed E-state index contributed by atoms with van der Waals surface area (Å²) in [4.78, 5) is 47.1. The maximum Gasteiger partial charge on any atom is 0.341 e. The second-order valence-corrected chi connectivity index (χ2v) is 9.38. The highest BCUT2D eigenvalue weighted by molar-refractivity contribution is 7.12. The number of carbonyl (C=O) groups is 2. The first-order chi connectivity index (χ1) is 17.3. The number of pyridine rings is 2. The van der Waals surface area contributed by atoms with Crippen LogP contribution in [0, 0.1) is 18.7 Å². The molecule has 0 aromatic carbocycles. The second-order valence-electron chi connectivity index (χ2n) is 8.51. The molecule has 0 saturated carbocycles. The van der Waals surface area contributed by atoms with E-state index in [1.54, 1.807) is 16.3 Å². The zero-order valence-corrected chi connectivity index (χ0v) is 20.3. The molecule has 2 N–H and O–H groups in total. The number of halogens is 1. The minimum Gasteiger partial charge on any atom is -0.477 e. The van der Waals surface area contributed by atoms with E-state index in [9.17, 15) is 19.5 Å². The van der Waals surface area contributed by atoms with Gasteiger partial charge in [-0.2, -0.15) is 5.10 Å². The summed E-state index contributed by atoms with van der Waals surface area (Å²) in [7, 11) is 0. The zero-order chi connectivity index (χ0) is 25.6. The van der Waals surface area contributed by atoms with Crippen LogP contribution in [0.3, 0.4) is 0 Å². The lowest BCUT2D eigenvalue weighted by molar-refractivity contribution is -0.120. The van der Waals surface area contributed by atoms with E-state index in [-0.39, 0.29) is 35.8 Å². The Balaban J connectivity index is 1.41. The van der Waals surface area contributed by atoms with Gasteiger partial charge in [0.1, 0.15) is 5.56 Å². The number of aromatic nitrogens is 5. The quantitative estimate of drug-likeness (QED) is 0.387. The van der Waals surface area contributed by atoms with Crippen LogP contribution in [-0.4, -0.2) is 54.4 Å². The summed E-state index contributed by atoms with van der Waals surface area (Å²) in [5, 5.41) is 18.5. The molecule has 13 heteroatoms. The number of aryl methyl sites for hydroxylation is 2. The molecule has 0 atom stereocenters. The monoisotopic (exact) mass is 511 g/mol. The maximum atomic E-state index is 15.0. The fourth-order valence-corrected chi connectivity index (χ4v) is 4.74. The van der Waals surface area contributed by atoms with Gasteiger partial charge in [0.05, 0.1) is 11.3 Å². The average Bonchev–Trinajstić information content (AvgIpc) is 3.44. The number of amides is 1. The summed E-state index contributed by atoms with van der Waals surface area (Å²) < 4.78 is 18.2. The van der Waals surface area contributed by atoms with Gasteiger partial charge in [0.2, 0.25) is 11.3 Å². The summed E-state index contributed by atoms with van der Waals surface area (Å²) in [5.74, 6) is -2.37. The molecule has 1 amide bonds. The zero-order valence-electron chi connectivity index (χ0n) is 19.4. The van der Waals surface area contributed by atoms with Crippen molar-refractivity contribution in [3.8, 4) is 5.13 Å². The van der Waals surface area contributed by atoms with Gasteiger partial charge in [0.25, 0.3) is 0 Å². The van der Waals surface area contributed by atoms with E-state index in [1.165, 1.54) is 22.1 Å². The van der Waals surface area contributed by atoms with Crippen LogP contribution in [-0.2, 0) is 11.3 Å². The van der Waals surface area contributed by atoms with Crippen LogP contribution in [0.25, 0.3) is 16.2 Å². The molecule has 4 aromatic rings. The first kappa shape index (κ1) is 23.6. The van der Waals surface area contributed by atoms with Gasteiger partial charge in [-0.15, -0.1) is 11.3 Å². The Morgan fingerprint density at radius 3 is 2.75 bits per heavy atom. The molecule has 1 aliphatic rings. The largest absolute Gasteiger partial charge is 0.477 e. The molecule has 11 nitrogen and oxygen atoms in total. The first-order valence-corrected chi connectivity index (χ1v) is 12.1. The van der Waals surface area contributed by atoms with Gasteiger partial charge in [0, 0.05) is 49.2 Å². The number of nitrogens with zero attached hydrogens (tertiary/aromatic N) is 6. The third kappa shape index (κ3) is 4.11. The van der Waals surface area contributed by atoms with Crippen molar-refractivity contribution in [2.45, 2.75) is 26.8 Å². The smallest absolute Gasteiger partial charge is 0.341 e. The number of aromatic carboxylic acids is 1. The standard InChI is InChI=1S/C23H22FN7O4S/c1-3-5-31-12(2)7-17(28-31)26-21(33)13-9-29(10-13)20-16(24)8-14-18(32)15(22(34)35)11-30(19(14)27-20)23-25-4-6-36-23/h4,6-8,11,13H,3,5,9-10H2,1-2H3,(H,34,35)(H,26,28,33). The number of fused-ring (bicyclic) bond motifs is 1. The lowest BCUT2D eigenvalue weighted by atomic mass is 9.99.